The summed E-state index contributed by atoms with van der Waals surface area (Å²) < 4.78 is 11.2. The van der Waals surface area contributed by atoms with Gasteiger partial charge in [0.1, 0.15) is 24.4 Å². The van der Waals surface area contributed by atoms with Crippen LogP contribution in [0.5, 0.6) is 0 Å². The van der Waals surface area contributed by atoms with Crippen LogP contribution in [0.15, 0.2) is 85.1 Å². The number of aliphatic hydroxyl groups excluding tert-OH is 5. The predicted octanol–water partition coefficient (Wildman–Crippen LogP) is 10.7. The molecule has 0 aromatic rings. The summed E-state index contributed by atoms with van der Waals surface area (Å²) in [4.78, 5) is 13.0. The van der Waals surface area contributed by atoms with Crippen molar-refractivity contribution in [2.75, 3.05) is 13.2 Å². The summed E-state index contributed by atoms with van der Waals surface area (Å²) in [6.07, 6.45) is 50.5. The number of ether oxygens (including phenoxy) is 2. The van der Waals surface area contributed by atoms with Crippen molar-refractivity contribution in [1.82, 2.24) is 5.32 Å². The van der Waals surface area contributed by atoms with Gasteiger partial charge in [-0.15, -0.1) is 0 Å². The van der Waals surface area contributed by atoms with Crippen molar-refractivity contribution in [3.8, 4) is 0 Å². The maximum absolute atomic E-state index is 13.0. The minimum absolute atomic E-state index is 0.209. The van der Waals surface area contributed by atoms with Crippen LogP contribution in [0.3, 0.4) is 0 Å². The van der Waals surface area contributed by atoms with Gasteiger partial charge in [-0.2, -0.15) is 0 Å². The summed E-state index contributed by atoms with van der Waals surface area (Å²) in [6.45, 7) is 3.62. The smallest absolute Gasteiger partial charge is 0.220 e. The third-order valence-corrected chi connectivity index (χ3v) is 10.9. The number of hydrogen-bond donors (Lipinski definition) is 6. The van der Waals surface area contributed by atoms with E-state index in [1.165, 1.54) is 57.8 Å². The van der Waals surface area contributed by atoms with Gasteiger partial charge in [-0.1, -0.05) is 176 Å². The number of carbonyl (C=O) groups is 1. The topological polar surface area (TPSA) is 149 Å². The van der Waals surface area contributed by atoms with Gasteiger partial charge < -0.3 is 40.3 Å². The van der Waals surface area contributed by atoms with Crippen LogP contribution in [-0.2, 0) is 14.3 Å². The van der Waals surface area contributed by atoms with E-state index in [1.54, 1.807) is 6.08 Å². The molecular weight excluding hydrogens is 767 g/mol. The molecule has 61 heavy (non-hydrogen) atoms. The highest BCUT2D eigenvalue weighted by Crippen LogP contribution is 2.22. The van der Waals surface area contributed by atoms with Gasteiger partial charge in [-0.25, -0.2) is 0 Å². The predicted molar refractivity (Wildman–Crippen MR) is 253 cm³/mol. The Bertz CT molecular complexity index is 1220. The molecule has 7 atom stereocenters. The highest BCUT2D eigenvalue weighted by Gasteiger charge is 2.44. The van der Waals surface area contributed by atoms with Crippen LogP contribution in [0.25, 0.3) is 0 Å². The summed E-state index contributed by atoms with van der Waals surface area (Å²) in [5.74, 6) is -0.209. The van der Waals surface area contributed by atoms with Gasteiger partial charge in [0.25, 0.3) is 0 Å². The van der Waals surface area contributed by atoms with Gasteiger partial charge in [0, 0.05) is 6.42 Å². The Morgan fingerprint density at radius 3 is 1.57 bits per heavy atom. The number of unbranched alkanes of at least 4 members (excludes halogenated alkanes) is 17. The number of aliphatic hydroxyl groups is 5. The number of nitrogens with one attached hydrogen (secondary N) is 1. The molecular formula is C52H89NO8. The number of carbonyl (C=O) groups excluding carboxylic acids is 1. The van der Waals surface area contributed by atoms with Crippen molar-refractivity contribution in [3.05, 3.63) is 85.1 Å². The highest BCUT2D eigenvalue weighted by atomic mass is 16.7. The normalized spacial score (nSPS) is 21.2. The first-order valence-corrected chi connectivity index (χ1v) is 24.3. The number of amides is 1. The molecule has 9 heteroatoms. The molecule has 0 aromatic heterocycles. The second-order valence-corrected chi connectivity index (χ2v) is 16.5. The molecule has 1 amide bonds. The fourth-order valence-electron chi connectivity index (χ4n) is 7.06. The Balaban J connectivity index is 2.39. The molecule has 1 heterocycles. The van der Waals surface area contributed by atoms with E-state index in [2.05, 4.69) is 92.1 Å². The number of allylic oxidation sites excluding steroid dienone is 13. The molecule has 0 saturated carbocycles. The van der Waals surface area contributed by atoms with E-state index >= 15 is 0 Å². The summed E-state index contributed by atoms with van der Waals surface area (Å²) >= 11 is 0. The average molecular weight is 856 g/mol. The zero-order valence-corrected chi connectivity index (χ0v) is 38.4. The minimum atomic E-state index is -1.58. The molecule has 6 N–H and O–H groups in total. The van der Waals surface area contributed by atoms with E-state index < -0.39 is 49.5 Å². The molecule has 7 unspecified atom stereocenters. The van der Waals surface area contributed by atoms with Crippen molar-refractivity contribution < 1.29 is 39.8 Å². The quantitative estimate of drug-likeness (QED) is 0.0264. The zero-order valence-electron chi connectivity index (χ0n) is 38.4. The monoisotopic (exact) mass is 856 g/mol. The summed E-state index contributed by atoms with van der Waals surface area (Å²) in [7, 11) is 0. The number of rotatable bonds is 39. The molecule has 1 saturated heterocycles. The summed E-state index contributed by atoms with van der Waals surface area (Å²) in [5.41, 5.74) is 0. The maximum Gasteiger partial charge on any atom is 0.220 e. The Morgan fingerprint density at radius 1 is 0.574 bits per heavy atom. The van der Waals surface area contributed by atoms with Crippen LogP contribution in [-0.4, -0.2) is 87.5 Å². The fourth-order valence-corrected chi connectivity index (χ4v) is 7.06. The lowest BCUT2D eigenvalue weighted by Crippen LogP contribution is -2.60. The van der Waals surface area contributed by atoms with E-state index in [9.17, 15) is 30.3 Å². The first-order valence-electron chi connectivity index (χ1n) is 24.3. The van der Waals surface area contributed by atoms with Crippen LogP contribution in [0.2, 0.25) is 0 Å². The molecule has 0 spiro atoms. The van der Waals surface area contributed by atoms with Crippen LogP contribution >= 0.6 is 0 Å². The second kappa shape index (κ2) is 41.4. The minimum Gasteiger partial charge on any atom is -0.394 e. The standard InChI is InChI=1S/C52H89NO8/c1-3-5-7-9-11-13-15-17-19-21-23-25-27-29-31-33-35-37-39-41-46(55)45(44-60-52-51(59)50(58)49(57)47(43-54)61-52)53-48(56)42-40-38-36-34-32-30-28-26-24-22-20-18-16-14-12-10-8-6-4-2/h6,8,12,14,18,20,23-26,31,33,39,41,45-47,49-52,54-55,57-59H,3-5,7,9-11,13,15-17,19,21-22,27-30,32,34-38,40,42-44H2,1-2H3,(H,53,56)/b8-6-,14-12-,20-18-,25-23+,26-24-,33-31+,41-39+. The van der Waals surface area contributed by atoms with Gasteiger partial charge in [0.05, 0.1) is 25.4 Å². The largest absolute Gasteiger partial charge is 0.394 e. The molecule has 0 aromatic carbocycles. The summed E-state index contributed by atoms with van der Waals surface area (Å²) in [6, 6.07) is -0.840. The average Bonchev–Trinajstić information content (AvgIpc) is 3.26. The van der Waals surface area contributed by atoms with Crippen LogP contribution in [0.1, 0.15) is 181 Å². The van der Waals surface area contributed by atoms with Crippen LogP contribution in [0.4, 0.5) is 0 Å². The maximum atomic E-state index is 13.0. The van der Waals surface area contributed by atoms with Crippen molar-refractivity contribution in [2.45, 2.75) is 224 Å². The zero-order chi connectivity index (χ0) is 44.4. The van der Waals surface area contributed by atoms with E-state index in [0.29, 0.717) is 6.42 Å². The molecule has 1 aliphatic rings. The Hall–Kier alpha value is -2.63. The van der Waals surface area contributed by atoms with Crippen LogP contribution < -0.4 is 5.32 Å². The van der Waals surface area contributed by atoms with E-state index in [4.69, 9.17) is 9.47 Å². The molecule has 350 valence electrons. The summed E-state index contributed by atoms with van der Waals surface area (Å²) in [5, 5.41) is 54.2. The van der Waals surface area contributed by atoms with Crippen molar-refractivity contribution in [2.24, 2.45) is 0 Å². The molecule has 0 aliphatic carbocycles. The molecule has 1 aliphatic heterocycles. The van der Waals surface area contributed by atoms with Crippen LogP contribution in [0, 0.1) is 0 Å². The van der Waals surface area contributed by atoms with Crippen molar-refractivity contribution >= 4 is 5.91 Å². The third kappa shape index (κ3) is 31.8. The van der Waals surface area contributed by atoms with Crippen molar-refractivity contribution in [1.29, 1.82) is 0 Å². The van der Waals surface area contributed by atoms with Gasteiger partial charge in [-0.05, 0) is 83.5 Å². The Labute approximate surface area is 371 Å². The lowest BCUT2D eigenvalue weighted by Gasteiger charge is -2.40. The first-order chi connectivity index (χ1) is 29.8. The molecule has 9 nitrogen and oxygen atoms in total. The first kappa shape index (κ1) is 56.4. The Morgan fingerprint density at radius 2 is 1.03 bits per heavy atom. The fraction of sp³-hybridized carbons (Fsp3) is 0.712. The van der Waals surface area contributed by atoms with Gasteiger partial charge >= 0.3 is 0 Å². The van der Waals surface area contributed by atoms with E-state index in [-0.39, 0.29) is 12.5 Å². The van der Waals surface area contributed by atoms with E-state index in [1.807, 2.05) is 6.08 Å². The molecule has 1 fully saturated rings. The van der Waals surface area contributed by atoms with Crippen molar-refractivity contribution in [3.63, 3.8) is 0 Å². The van der Waals surface area contributed by atoms with Gasteiger partial charge in [0.15, 0.2) is 6.29 Å². The third-order valence-electron chi connectivity index (χ3n) is 10.9. The van der Waals surface area contributed by atoms with E-state index in [0.717, 1.165) is 103 Å². The number of hydrogen-bond acceptors (Lipinski definition) is 8. The highest BCUT2D eigenvalue weighted by molar-refractivity contribution is 5.76. The lowest BCUT2D eigenvalue weighted by atomic mass is 9.99. The van der Waals surface area contributed by atoms with Gasteiger partial charge in [-0.3, -0.25) is 4.79 Å². The SMILES string of the molecule is CC/C=C\C/C=C\C/C=C\C/C=C\CCCCCCCCC(=O)NC(COC1OC(CO)C(O)C(O)C1O)C(O)/C=C/CC/C=C/CC/C=C/CCCCCCCCCCC. The Kier molecular flexibility index (Phi) is 38.3. The van der Waals surface area contributed by atoms with Gasteiger partial charge in [0.2, 0.25) is 5.91 Å². The lowest BCUT2D eigenvalue weighted by molar-refractivity contribution is -0.302. The second-order valence-electron chi connectivity index (χ2n) is 16.5. The molecule has 0 bridgehead atoms. The molecule has 0 radical (unpaired) electrons. The molecule has 1 rings (SSSR count).